The van der Waals surface area contributed by atoms with Crippen molar-refractivity contribution in [3.63, 3.8) is 0 Å². The SMILES string of the molecule is C=CCC(C)NC(=O)CCC(CC)CCN. The van der Waals surface area contributed by atoms with Gasteiger partial charge in [-0.3, -0.25) is 4.79 Å². The predicted molar refractivity (Wildman–Crippen MR) is 69.1 cm³/mol. The van der Waals surface area contributed by atoms with E-state index in [4.69, 9.17) is 5.73 Å². The second-order valence-corrected chi connectivity index (χ2v) is 4.38. The molecular weight excluding hydrogens is 200 g/mol. The Kier molecular flexibility index (Phi) is 8.91. The van der Waals surface area contributed by atoms with Crippen LogP contribution in [0.2, 0.25) is 0 Å². The van der Waals surface area contributed by atoms with Crippen LogP contribution in [0.4, 0.5) is 0 Å². The molecule has 0 heterocycles. The number of carbonyl (C=O) groups excluding carboxylic acids is 1. The minimum absolute atomic E-state index is 0.143. The minimum Gasteiger partial charge on any atom is -0.353 e. The fourth-order valence-corrected chi connectivity index (χ4v) is 1.78. The van der Waals surface area contributed by atoms with Gasteiger partial charge < -0.3 is 11.1 Å². The van der Waals surface area contributed by atoms with Gasteiger partial charge in [-0.2, -0.15) is 0 Å². The van der Waals surface area contributed by atoms with Crippen LogP contribution < -0.4 is 11.1 Å². The Labute approximate surface area is 99.5 Å². The van der Waals surface area contributed by atoms with Crippen molar-refractivity contribution in [2.75, 3.05) is 6.54 Å². The van der Waals surface area contributed by atoms with Gasteiger partial charge in [0, 0.05) is 12.5 Å². The molecule has 3 heteroatoms. The normalized spacial score (nSPS) is 14.2. The third-order valence-electron chi connectivity index (χ3n) is 2.86. The summed E-state index contributed by atoms with van der Waals surface area (Å²) >= 11 is 0. The zero-order valence-corrected chi connectivity index (χ0v) is 10.7. The number of rotatable bonds is 9. The van der Waals surface area contributed by atoms with Gasteiger partial charge in [-0.05, 0) is 38.6 Å². The Hall–Kier alpha value is -0.830. The van der Waals surface area contributed by atoms with Crippen molar-refractivity contribution in [3.05, 3.63) is 12.7 Å². The molecule has 0 aliphatic carbocycles. The Balaban J connectivity index is 3.74. The molecule has 3 nitrogen and oxygen atoms in total. The summed E-state index contributed by atoms with van der Waals surface area (Å²) in [5.74, 6) is 0.732. The lowest BCUT2D eigenvalue weighted by Gasteiger charge is -2.15. The quantitative estimate of drug-likeness (QED) is 0.592. The Morgan fingerprint density at radius 2 is 2.19 bits per heavy atom. The van der Waals surface area contributed by atoms with Crippen molar-refractivity contribution in [2.45, 2.75) is 52.0 Å². The van der Waals surface area contributed by atoms with Crippen molar-refractivity contribution < 1.29 is 4.79 Å². The molecule has 0 radical (unpaired) electrons. The van der Waals surface area contributed by atoms with Crippen LogP contribution >= 0.6 is 0 Å². The summed E-state index contributed by atoms with van der Waals surface area (Å²) in [7, 11) is 0. The van der Waals surface area contributed by atoms with Crippen molar-refractivity contribution in [2.24, 2.45) is 11.7 Å². The summed E-state index contributed by atoms with van der Waals surface area (Å²) in [5.41, 5.74) is 5.52. The minimum atomic E-state index is 0.143. The maximum absolute atomic E-state index is 11.6. The molecule has 0 saturated carbocycles. The van der Waals surface area contributed by atoms with Crippen LogP contribution in [0.3, 0.4) is 0 Å². The first-order chi connectivity index (χ1) is 7.63. The molecule has 16 heavy (non-hydrogen) atoms. The summed E-state index contributed by atoms with van der Waals surface area (Å²) < 4.78 is 0. The molecule has 0 spiro atoms. The molecule has 0 aromatic heterocycles. The molecule has 0 rings (SSSR count). The van der Waals surface area contributed by atoms with Gasteiger partial charge in [-0.25, -0.2) is 0 Å². The van der Waals surface area contributed by atoms with Crippen LogP contribution in [-0.2, 0) is 4.79 Å². The van der Waals surface area contributed by atoms with Gasteiger partial charge in [-0.1, -0.05) is 19.4 Å². The summed E-state index contributed by atoms with van der Waals surface area (Å²) in [6.07, 6.45) is 6.33. The van der Waals surface area contributed by atoms with E-state index in [-0.39, 0.29) is 11.9 Å². The summed E-state index contributed by atoms with van der Waals surface area (Å²) in [4.78, 5) is 11.6. The molecule has 94 valence electrons. The lowest BCUT2D eigenvalue weighted by Crippen LogP contribution is -2.32. The molecule has 2 unspecified atom stereocenters. The zero-order chi connectivity index (χ0) is 12.4. The number of hydrogen-bond donors (Lipinski definition) is 2. The first-order valence-corrected chi connectivity index (χ1v) is 6.24. The van der Waals surface area contributed by atoms with Gasteiger partial charge in [0.2, 0.25) is 5.91 Å². The number of nitrogens with one attached hydrogen (secondary N) is 1. The summed E-state index contributed by atoms with van der Waals surface area (Å²) in [6, 6.07) is 0.194. The number of carbonyl (C=O) groups is 1. The second-order valence-electron chi connectivity index (χ2n) is 4.38. The lowest BCUT2D eigenvalue weighted by molar-refractivity contribution is -0.122. The average Bonchev–Trinajstić information content (AvgIpc) is 2.24. The van der Waals surface area contributed by atoms with E-state index in [0.717, 1.165) is 25.7 Å². The van der Waals surface area contributed by atoms with Gasteiger partial charge in [0.25, 0.3) is 0 Å². The molecule has 0 aromatic carbocycles. The van der Waals surface area contributed by atoms with Crippen LogP contribution in [0.1, 0.15) is 46.0 Å². The van der Waals surface area contributed by atoms with E-state index in [9.17, 15) is 4.79 Å². The highest BCUT2D eigenvalue weighted by atomic mass is 16.1. The van der Waals surface area contributed by atoms with Crippen LogP contribution in [0, 0.1) is 5.92 Å². The number of amides is 1. The monoisotopic (exact) mass is 226 g/mol. The van der Waals surface area contributed by atoms with Gasteiger partial charge in [0.05, 0.1) is 0 Å². The van der Waals surface area contributed by atoms with Crippen molar-refractivity contribution in [1.29, 1.82) is 0 Å². The topological polar surface area (TPSA) is 55.1 Å². The van der Waals surface area contributed by atoms with E-state index >= 15 is 0 Å². The van der Waals surface area contributed by atoms with Crippen LogP contribution in [0.25, 0.3) is 0 Å². The van der Waals surface area contributed by atoms with Crippen LogP contribution in [-0.4, -0.2) is 18.5 Å². The first-order valence-electron chi connectivity index (χ1n) is 6.24. The molecule has 0 fully saturated rings. The number of nitrogens with two attached hydrogens (primary N) is 1. The maximum Gasteiger partial charge on any atom is 0.220 e. The van der Waals surface area contributed by atoms with Gasteiger partial charge in [0.1, 0.15) is 0 Å². The van der Waals surface area contributed by atoms with Gasteiger partial charge in [0.15, 0.2) is 0 Å². The first kappa shape index (κ1) is 15.2. The van der Waals surface area contributed by atoms with Gasteiger partial charge in [-0.15, -0.1) is 6.58 Å². The van der Waals surface area contributed by atoms with E-state index in [1.165, 1.54) is 0 Å². The molecule has 0 bridgehead atoms. The summed E-state index contributed by atoms with van der Waals surface area (Å²) in [6.45, 7) is 8.52. The summed E-state index contributed by atoms with van der Waals surface area (Å²) in [5, 5.41) is 2.96. The Bertz CT molecular complexity index is 204. The lowest BCUT2D eigenvalue weighted by atomic mass is 9.96. The fourth-order valence-electron chi connectivity index (χ4n) is 1.78. The predicted octanol–water partition coefficient (Wildman–Crippen LogP) is 2.22. The molecular formula is C13H26N2O. The third kappa shape index (κ3) is 7.46. The Morgan fingerprint density at radius 1 is 1.50 bits per heavy atom. The van der Waals surface area contributed by atoms with Crippen molar-refractivity contribution >= 4 is 5.91 Å². The van der Waals surface area contributed by atoms with E-state index in [1.54, 1.807) is 0 Å². The van der Waals surface area contributed by atoms with Crippen molar-refractivity contribution in [1.82, 2.24) is 5.32 Å². The third-order valence-corrected chi connectivity index (χ3v) is 2.86. The average molecular weight is 226 g/mol. The highest BCUT2D eigenvalue weighted by Gasteiger charge is 2.10. The van der Waals surface area contributed by atoms with E-state index in [0.29, 0.717) is 18.9 Å². The standard InChI is InChI=1S/C13H26N2O/c1-4-6-11(3)15-13(16)8-7-12(5-2)9-10-14/h4,11-12H,1,5-10,14H2,2-3H3,(H,15,16). The van der Waals surface area contributed by atoms with Gasteiger partial charge >= 0.3 is 0 Å². The molecule has 0 aromatic rings. The molecule has 0 aliphatic rings. The molecule has 0 saturated heterocycles. The van der Waals surface area contributed by atoms with E-state index in [2.05, 4.69) is 18.8 Å². The van der Waals surface area contributed by atoms with E-state index < -0.39 is 0 Å². The number of hydrogen-bond acceptors (Lipinski definition) is 2. The molecule has 1 amide bonds. The molecule has 3 N–H and O–H groups in total. The highest BCUT2D eigenvalue weighted by Crippen LogP contribution is 2.14. The molecule has 2 atom stereocenters. The largest absolute Gasteiger partial charge is 0.353 e. The second kappa shape index (κ2) is 9.40. The Morgan fingerprint density at radius 3 is 2.69 bits per heavy atom. The zero-order valence-electron chi connectivity index (χ0n) is 10.7. The highest BCUT2D eigenvalue weighted by molar-refractivity contribution is 5.76. The van der Waals surface area contributed by atoms with E-state index in [1.807, 2.05) is 13.0 Å². The van der Waals surface area contributed by atoms with Crippen LogP contribution in [0.5, 0.6) is 0 Å². The fraction of sp³-hybridized carbons (Fsp3) is 0.769. The molecule has 0 aliphatic heterocycles. The maximum atomic E-state index is 11.6. The van der Waals surface area contributed by atoms with Crippen molar-refractivity contribution in [3.8, 4) is 0 Å². The van der Waals surface area contributed by atoms with Crippen LogP contribution in [0.15, 0.2) is 12.7 Å². The smallest absolute Gasteiger partial charge is 0.220 e.